The normalized spacial score (nSPS) is 14.8. The zero-order valence-electron chi connectivity index (χ0n) is 21.7. The summed E-state index contributed by atoms with van der Waals surface area (Å²) in [5, 5.41) is 1.03. The van der Waals surface area contributed by atoms with Crippen molar-refractivity contribution in [2.75, 3.05) is 13.1 Å². The van der Waals surface area contributed by atoms with E-state index in [0.717, 1.165) is 35.1 Å². The number of carbonyl (C=O) groups excluding carboxylic acids is 2. The van der Waals surface area contributed by atoms with Crippen LogP contribution in [-0.2, 0) is 20.7 Å². The number of pyridine rings is 1. The van der Waals surface area contributed by atoms with E-state index in [1.165, 1.54) is 0 Å². The monoisotopic (exact) mass is 493 g/mol. The van der Waals surface area contributed by atoms with Crippen LogP contribution in [0.25, 0.3) is 16.7 Å². The van der Waals surface area contributed by atoms with E-state index in [2.05, 4.69) is 4.98 Å². The number of ether oxygens (including phenoxy) is 3. The molecule has 1 aliphatic rings. The van der Waals surface area contributed by atoms with Crippen LogP contribution in [0.3, 0.4) is 0 Å². The molecular formula is C28H35N3O5. The van der Waals surface area contributed by atoms with Crippen molar-refractivity contribution in [3.8, 4) is 11.6 Å². The van der Waals surface area contributed by atoms with Crippen LogP contribution in [0.4, 0.5) is 4.79 Å². The molecule has 0 spiro atoms. The Morgan fingerprint density at radius 1 is 1.08 bits per heavy atom. The number of nitrogens with zero attached hydrogens (tertiary/aromatic N) is 3. The Bertz CT molecular complexity index is 1200. The van der Waals surface area contributed by atoms with Crippen molar-refractivity contribution in [1.82, 2.24) is 14.5 Å². The van der Waals surface area contributed by atoms with Gasteiger partial charge in [0.15, 0.2) is 0 Å². The highest BCUT2D eigenvalue weighted by molar-refractivity contribution is 5.84. The van der Waals surface area contributed by atoms with E-state index in [1.807, 2.05) is 81.8 Å². The Balaban J connectivity index is 1.35. The average molecular weight is 494 g/mol. The van der Waals surface area contributed by atoms with E-state index >= 15 is 0 Å². The highest BCUT2D eigenvalue weighted by Gasteiger charge is 2.27. The van der Waals surface area contributed by atoms with Crippen molar-refractivity contribution < 1.29 is 23.8 Å². The third kappa shape index (κ3) is 6.56. The number of rotatable bonds is 6. The van der Waals surface area contributed by atoms with Gasteiger partial charge in [0.2, 0.25) is 0 Å². The fourth-order valence-corrected chi connectivity index (χ4v) is 4.23. The molecule has 0 saturated carbocycles. The van der Waals surface area contributed by atoms with Crippen LogP contribution < -0.4 is 4.74 Å². The number of likely N-dealkylation sites (tertiary alicyclic amines) is 1. The lowest BCUT2D eigenvalue weighted by Gasteiger charge is -2.33. The van der Waals surface area contributed by atoms with Gasteiger partial charge in [0.25, 0.3) is 0 Å². The molecule has 36 heavy (non-hydrogen) atoms. The van der Waals surface area contributed by atoms with E-state index in [1.54, 1.807) is 11.1 Å². The number of benzene rings is 1. The lowest BCUT2D eigenvalue weighted by atomic mass is 10.1. The van der Waals surface area contributed by atoms with Gasteiger partial charge in [-0.05, 0) is 70.5 Å². The first-order valence-electron chi connectivity index (χ1n) is 12.5. The molecule has 0 unspecified atom stereocenters. The molecular weight excluding hydrogens is 458 g/mol. The number of esters is 1. The molecule has 4 rings (SSSR count). The summed E-state index contributed by atoms with van der Waals surface area (Å²) in [6.07, 6.45) is 5.09. The van der Waals surface area contributed by atoms with Gasteiger partial charge in [0.05, 0.1) is 24.2 Å². The van der Waals surface area contributed by atoms with E-state index < -0.39 is 5.60 Å². The third-order valence-electron chi connectivity index (χ3n) is 5.83. The molecule has 3 heterocycles. The number of amides is 1. The summed E-state index contributed by atoms with van der Waals surface area (Å²) in [6.45, 7) is 10.5. The van der Waals surface area contributed by atoms with Gasteiger partial charge in [-0.1, -0.05) is 6.07 Å². The van der Waals surface area contributed by atoms with E-state index in [0.29, 0.717) is 18.8 Å². The molecule has 1 aromatic carbocycles. The Morgan fingerprint density at radius 3 is 2.47 bits per heavy atom. The fourth-order valence-electron chi connectivity index (χ4n) is 4.23. The standard InChI is InChI=1S/C28H35N3O5/c1-19(2)34-26(32)17-20-6-8-24-21(16-20)10-15-31(24)25-9-7-23(18-29-25)35-22-11-13-30(14-12-22)27(33)36-28(3,4)5/h6-10,15-16,18-19,22H,11-14,17H2,1-5H3. The second-order valence-corrected chi connectivity index (χ2v) is 10.4. The Labute approximate surface area is 212 Å². The smallest absolute Gasteiger partial charge is 0.410 e. The molecule has 0 aliphatic carbocycles. The minimum Gasteiger partial charge on any atom is -0.489 e. The summed E-state index contributed by atoms with van der Waals surface area (Å²) in [5.41, 5.74) is 1.43. The van der Waals surface area contributed by atoms with Gasteiger partial charge in [0, 0.05) is 37.5 Å². The predicted octanol–water partition coefficient (Wildman–Crippen LogP) is 5.30. The summed E-state index contributed by atoms with van der Waals surface area (Å²) in [6, 6.07) is 11.8. The zero-order chi connectivity index (χ0) is 25.9. The molecule has 0 radical (unpaired) electrons. The molecule has 8 nitrogen and oxygen atoms in total. The lowest BCUT2D eigenvalue weighted by molar-refractivity contribution is -0.146. The molecule has 1 fully saturated rings. The second-order valence-electron chi connectivity index (χ2n) is 10.4. The van der Waals surface area contributed by atoms with Crippen LogP contribution in [0, 0.1) is 0 Å². The zero-order valence-corrected chi connectivity index (χ0v) is 21.7. The molecule has 1 saturated heterocycles. The Kier molecular flexibility index (Phi) is 7.52. The first-order valence-corrected chi connectivity index (χ1v) is 12.5. The van der Waals surface area contributed by atoms with E-state index in [4.69, 9.17) is 14.2 Å². The molecule has 192 valence electrons. The van der Waals surface area contributed by atoms with Crippen molar-refractivity contribution in [3.05, 3.63) is 54.4 Å². The number of hydrogen-bond donors (Lipinski definition) is 0. The first-order chi connectivity index (χ1) is 17.1. The SMILES string of the molecule is CC(C)OC(=O)Cc1ccc2c(ccn2-c2ccc(OC3CCN(C(=O)OC(C)(C)C)CC3)cn2)c1. The molecule has 0 atom stereocenters. The van der Waals surface area contributed by atoms with Crippen LogP contribution >= 0.6 is 0 Å². The van der Waals surface area contributed by atoms with Gasteiger partial charge in [0.1, 0.15) is 23.3 Å². The molecule has 1 aliphatic heterocycles. The van der Waals surface area contributed by atoms with Crippen LogP contribution in [0.5, 0.6) is 5.75 Å². The minimum absolute atomic E-state index is 0.0320. The highest BCUT2D eigenvalue weighted by Crippen LogP contribution is 2.24. The minimum atomic E-state index is -0.493. The second kappa shape index (κ2) is 10.6. The lowest BCUT2D eigenvalue weighted by Crippen LogP contribution is -2.44. The van der Waals surface area contributed by atoms with Crippen molar-refractivity contribution in [2.24, 2.45) is 0 Å². The van der Waals surface area contributed by atoms with Gasteiger partial charge in [-0.15, -0.1) is 0 Å². The van der Waals surface area contributed by atoms with Gasteiger partial charge < -0.3 is 23.7 Å². The topological polar surface area (TPSA) is 82.9 Å². The van der Waals surface area contributed by atoms with Crippen molar-refractivity contribution in [3.63, 3.8) is 0 Å². The summed E-state index contributed by atoms with van der Waals surface area (Å²) < 4.78 is 18.8. The number of fused-ring (bicyclic) bond motifs is 1. The maximum Gasteiger partial charge on any atom is 0.410 e. The maximum absolute atomic E-state index is 12.3. The average Bonchev–Trinajstić information content (AvgIpc) is 3.21. The molecule has 8 heteroatoms. The number of carbonyl (C=O) groups is 2. The number of aromatic nitrogens is 2. The Hall–Kier alpha value is -3.55. The number of hydrogen-bond acceptors (Lipinski definition) is 6. The summed E-state index contributed by atoms with van der Waals surface area (Å²) >= 11 is 0. The van der Waals surface area contributed by atoms with Gasteiger partial charge in [-0.3, -0.25) is 4.79 Å². The van der Waals surface area contributed by atoms with Crippen LogP contribution in [0.1, 0.15) is 53.0 Å². The summed E-state index contributed by atoms with van der Waals surface area (Å²) in [5.74, 6) is 1.26. The summed E-state index contributed by atoms with van der Waals surface area (Å²) in [4.78, 5) is 30.6. The maximum atomic E-state index is 12.3. The van der Waals surface area contributed by atoms with Gasteiger partial charge >= 0.3 is 12.1 Å². The number of piperidine rings is 1. The van der Waals surface area contributed by atoms with E-state index in [-0.39, 0.29) is 30.7 Å². The van der Waals surface area contributed by atoms with Gasteiger partial charge in [-0.25, -0.2) is 9.78 Å². The molecule has 0 bridgehead atoms. The van der Waals surface area contributed by atoms with Crippen LogP contribution in [-0.4, -0.2) is 57.4 Å². The first kappa shape index (κ1) is 25.5. The van der Waals surface area contributed by atoms with E-state index in [9.17, 15) is 9.59 Å². The van der Waals surface area contributed by atoms with Crippen LogP contribution in [0.15, 0.2) is 48.8 Å². The largest absolute Gasteiger partial charge is 0.489 e. The molecule has 0 N–H and O–H groups in total. The molecule has 3 aromatic rings. The fraction of sp³-hybridized carbons (Fsp3) is 0.464. The third-order valence-corrected chi connectivity index (χ3v) is 5.83. The van der Waals surface area contributed by atoms with Crippen molar-refractivity contribution >= 4 is 23.0 Å². The Morgan fingerprint density at radius 2 is 1.83 bits per heavy atom. The van der Waals surface area contributed by atoms with Crippen molar-refractivity contribution in [1.29, 1.82) is 0 Å². The van der Waals surface area contributed by atoms with Crippen molar-refractivity contribution in [2.45, 2.75) is 71.7 Å². The molecule has 2 aromatic heterocycles. The molecule has 1 amide bonds. The van der Waals surface area contributed by atoms with Gasteiger partial charge in [-0.2, -0.15) is 0 Å². The highest BCUT2D eigenvalue weighted by atomic mass is 16.6. The summed E-state index contributed by atoms with van der Waals surface area (Å²) in [7, 11) is 0. The quantitative estimate of drug-likeness (QED) is 0.434. The van der Waals surface area contributed by atoms with Crippen LogP contribution in [0.2, 0.25) is 0 Å². The predicted molar refractivity (Wildman–Crippen MR) is 137 cm³/mol.